The standard InChI is InChI=1S/C19H24ClN3O2S/c1-13-18(19(24)23-9-3-4-14(11-23)10-21-2)26-17(22-13)12-25-16-7-5-15(20)6-8-16/h5-8,14,21H,3-4,9-12H2,1-2H3. The van der Waals surface area contributed by atoms with Crippen LogP contribution in [0.4, 0.5) is 0 Å². The van der Waals surface area contributed by atoms with Crippen LogP contribution in [-0.2, 0) is 6.61 Å². The Bertz CT molecular complexity index is 746. The lowest BCUT2D eigenvalue weighted by Gasteiger charge is -2.32. The summed E-state index contributed by atoms with van der Waals surface area (Å²) >= 11 is 7.31. The van der Waals surface area contributed by atoms with Crippen molar-refractivity contribution in [2.45, 2.75) is 26.4 Å². The number of hydrogen-bond acceptors (Lipinski definition) is 5. The number of aryl methyl sites for hydroxylation is 1. The number of thiazole rings is 1. The Morgan fingerprint density at radius 2 is 2.19 bits per heavy atom. The summed E-state index contributed by atoms with van der Waals surface area (Å²) in [6, 6.07) is 7.22. The van der Waals surface area contributed by atoms with Gasteiger partial charge < -0.3 is 15.0 Å². The van der Waals surface area contributed by atoms with Crippen LogP contribution in [0, 0.1) is 12.8 Å². The van der Waals surface area contributed by atoms with E-state index >= 15 is 0 Å². The van der Waals surface area contributed by atoms with Gasteiger partial charge in [0, 0.05) is 18.1 Å². The van der Waals surface area contributed by atoms with Crippen molar-refractivity contribution in [1.82, 2.24) is 15.2 Å². The number of benzene rings is 1. The van der Waals surface area contributed by atoms with Crippen molar-refractivity contribution in [3.05, 3.63) is 44.9 Å². The number of nitrogens with one attached hydrogen (secondary N) is 1. The molecule has 3 rings (SSSR count). The van der Waals surface area contributed by atoms with Gasteiger partial charge >= 0.3 is 0 Å². The first kappa shape index (κ1) is 19.1. The molecule has 2 heterocycles. The van der Waals surface area contributed by atoms with Gasteiger partial charge in [0.2, 0.25) is 0 Å². The summed E-state index contributed by atoms with van der Waals surface area (Å²) < 4.78 is 5.75. The van der Waals surface area contributed by atoms with E-state index in [1.165, 1.54) is 17.8 Å². The summed E-state index contributed by atoms with van der Waals surface area (Å²) in [5, 5.41) is 4.70. The fourth-order valence-corrected chi connectivity index (χ4v) is 4.31. The van der Waals surface area contributed by atoms with Gasteiger partial charge in [-0.05, 0) is 63.5 Å². The van der Waals surface area contributed by atoms with Crippen LogP contribution in [0.5, 0.6) is 5.75 Å². The maximum absolute atomic E-state index is 12.9. The van der Waals surface area contributed by atoms with Gasteiger partial charge in [-0.15, -0.1) is 11.3 Å². The molecule has 1 atom stereocenters. The van der Waals surface area contributed by atoms with Gasteiger partial charge in [0.15, 0.2) is 0 Å². The third kappa shape index (κ3) is 4.75. The Balaban J connectivity index is 1.63. The minimum absolute atomic E-state index is 0.0959. The van der Waals surface area contributed by atoms with Crippen molar-refractivity contribution < 1.29 is 9.53 Å². The zero-order chi connectivity index (χ0) is 18.5. The van der Waals surface area contributed by atoms with E-state index in [0.29, 0.717) is 17.5 Å². The first-order chi connectivity index (χ1) is 12.6. The van der Waals surface area contributed by atoms with Crippen molar-refractivity contribution in [3.63, 3.8) is 0 Å². The summed E-state index contributed by atoms with van der Waals surface area (Å²) in [4.78, 5) is 20.1. The van der Waals surface area contributed by atoms with Crippen LogP contribution in [0.1, 0.15) is 33.2 Å². The lowest BCUT2D eigenvalue weighted by Crippen LogP contribution is -2.42. The molecule has 1 aromatic carbocycles. The predicted octanol–water partition coefficient (Wildman–Crippen LogP) is 3.76. The van der Waals surface area contributed by atoms with Gasteiger partial charge in [-0.2, -0.15) is 0 Å². The molecule has 1 saturated heterocycles. The van der Waals surface area contributed by atoms with Crippen LogP contribution in [0.2, 0.25) is 5.02 Å². The molecule has 140 valence electrons. The van der Waals surface area contributed by atoms with Gasteiger partial charge in [-0.25, -0.2) is 4.98 Å². The first-order valence-electron chi connectivity index (χ1n) is 8.85. The third-order valence-electron chi connectivity index (χ3n) is 4.51. The highest BCUT2D eigenvalue weighted by Gasteiger charge is 2.26. The van der Waals surface area contributed by atoms with Crippen LogP contribution in [0.25, 0.3) is 0 Å². The van der Waals surface area contributed by atoms with Gasteiger partial charge in [-0.3, -0.25) is 4.79 Å². The van der Waals surface area contributed by atoms with Crippen molar-refractivity contribution in [1.29, 1.82) is 0 Å². The molecule has 0 bridgehead atoms. The largest absolute Gasteiger partial charge is 0.486 e. The molecule has 0 spiro atoms. The van der Waals surface area contributed by atoms with E-state index in [9.17, 15) is 4.79 Å². The minimum Gasteiger partial charge on any atom is -0.486 e. The fourth-order valence-electron chi connectivity index (χ4n) is 3.24. The number of halogens is 1. The lowest BCUT2D eigenvalue weighted by atomic mass is 9.98. The number of carbonyl (C=O) groups excluding carboxylic acids is 1. The molecule has 0 radical (unpaired) electrons. The van der Waals surface area contributed by atoms with Crippen LogP contribution >= 0.6 is 22.9 Å². The molecule has 2 aromatic rings. The molecule has 1 unspecified atom stereocenters. The van der Waals surface area contributed by atoms with E-state index in [-0.39, 0.29) is 5.91 Å². The number of ether oxygens (including phenoxy) is 1. The smallest absolute Gasteiger partial charge is 0.265 e. The number of piperidine rings is 1. The Morgan fingerprint density at radius 3 is 2.92 bits per heavy atom. The Kier molecular flexibility index (Phi) is 6.51. The zero-order valence-electron chi connectivity index (χ0n) is 15.1. The number of nitrogens with zero attached hydrogens (tertiary/aromatic N) is 2. The number of aromatic nitrogens is 1. The highest BCUT2D eigenvalue weighted by Crippen LogP contribution is 2.25. The number of carbonyl (C=O) groups is 1. The molecule has 1 aliphatic rings. The minimum atomic E-state index is 0.0959. The maximum atomic E-state index is 12.9. The fraction of sp³-hybridized carbons (Fsp3) is 0.474. The van der Waals surface area contributed by atoms with E-state index in [2.05, 4.69) is 10.3 Å². The quantitative estimate of drug-likeness (QED) is 0.811. The molecular weight excluding hydrogens is 370 g/mol. The van der Waals surface area contributed by atoms with Crippen LogP contribution < -0.4 is 10.1 Å². The van der Waals surface area contributed by atoms with Gasteiger partial charge in [0.1, 0.15) is 22.2 Å². The molecule has 0 aliphatic carbocycles. The maximum Gasteiger partial charge on any atom is 0.265 e. The summed E-state index contributed by atoms with van der Waals surface area (Å²) in [6.45, 7) is 4.83. The molecule has 5 nitrogen and oxygen atoms in total. The monoisotopic (exact) mass is 393 g/mol. The van der Waals surface area contributed by atoms with E-state index in [1.807, 2.05) is 31.0 Å². The normalized spacial score (nSPS) is 17.3. The average molecular weight is 394 g/mol. The van der Waals surface area contributed by atoms with E-state index < -0.39 is 0 Å². The van der Waals surface area contributed by atoms with E-state index in [0.717, 1.165) is 47.4 Å². The number of likely N-dealkylation sites (tertiary alicyclic amines) is 1. The molecule has 1 aliphatic heterocycles. The molecule has 26 heavy (non-hydrogen) atoms. The number of rotatable bonds is 6. The predicted molar refractivity (Wildman–Crippen MR) is 105 cm³/mol. The van der Waals surface area contributed by atoms with E-state index in [4.69, 9.17) is 16.3 Å². The molecule has 1 amide bonds. The van der Waals surface area contributed by atoms with Crippen LogP contribution in [0.3, 0.4) is 0 Å². The van der Waals surface area contributed by atoms with Crippen LogP contribution in [-0.4, -0.2) is 42.5 Å². The molecule has 1 aromatic heterocycles. The second kappa shape index (κ2) is 8.84. The first-order valence-corrected chi connectivity index (χ1v) is 10.0. The van der Waals surface area contributed by atoms with E-state index in [1.54, 1.807) is 12.1 Å². The molecule has 7 heteroatoms. The molecule has 1 N–H and O–H groups in total. The summed E-state index contributed by atoms with van der Waals surface area (Å²) in [6.07, 6.45) is 2.23. The topological polar surface area (TPSA) is 54.5 Å². The van der Waals surface area contributed by atoms with Crippen molar-refractivity contribution in [2.24, 2.45) is 5.92 Å². The summed E-state index contributed by atoms with van der Waals surface area (Å²) in [7, 11) is 1.96. The third-order valence-corrected chi connectivity index (χ3v) is 5.88. The van der Waals surface area contributed by atoms with Crippen molar-refractivity contribution >= 4 is 28.8 Å². The number of amides is 1. The average Bonchev–Trinajstić information content (AvgIpc) is 3.02. The summed E-state index contributed by atoms with van der Waals surface area (Å²) in [5.74, 6) is 1.36. The summed E-state index contributed by atoms with van der Waals surface area (Å²) in [5.41, 5.74) is 0.783. The van der Waals surface area contributed by atoms with Crippen molar-refractivity contribution in [3.8, 4) is 5.75 Å². The number of hydrogen-bond donors (Lipinski definition) is 1. The lowest BCUT2D eigenvalue weighted by molar-refractivity contribution is 0.0678. The SMILES string of the molecule is CNCC1CCCN(C(=O)c2sc(COc3ccc(Cl)cc3)nc2C)C1. The zero-order valence-corrected chi connectivity index (χ0v) is 16.7. The highest BCUT2D eigenvalue weighted by molar-refractivity contribution is 7.13. The Hall–Kier alpha value is -1.63. The second-order valence-corrected chi connectivity index (χ2v) is 8.10. The molecule has 1 fully saturated rings. The van der Waals surface area contributed by atoms with Crippen LogP contribution in [0.15, 0.2) is 24.3 Å². The molecular formula is C19H24ClN3O2S. The molecule has 0 saturated carbocycles. The van der Waals surface area contributed by atoms with Gasteiger partial charge in [0.05, 0.1) is 5.69 Å². The Labute approximate surface area is 163 Å². The highest BCUT2D eigenvalue weighted by atomic mass is 35.5. The van der Waals surface area contributed by atoms with Gasteiger partial charge in [-0.1, -0.05) is 11.6 Å². The second-order valence-electron chi connectivity index (χ2n) is 6.58. The van der Waals surface area contributed by atoms with Crippen molar-refractivity contribution in [2.75, 3.05) is 26.7 Å². The Morgan fingerprint density at radius 1 is 1.42 bits per heavy atom. The van der Waals surface area contributed by atoms with Gasteiger partial charge in [0.25, 0.3) is 5.91 Å².